The van der Waals surface area contributed by atoms with E-state index in [4.69, 9.17) is 0 Å². The van der Waals surface area contributed by atoms with E-state index in [2.05, 4.69) is 28.8 Å². The molecule has 1 aliphatic carbocycles. The van der Waals surface area contributed by atoms with Gasteiger partial charge in [0.2, 0.25) is 0 Å². The summed E-state index contributed by atoms with van der Waals surface area (Å²) in [5.41, 5.74) is 0.820. The molecule has 0 spiro atoms. The van der Waals surface area contributed by atoms with Gasteiger partial charge in [-0.1, -0.05) is 6.92 Å². The first-order valence-electron chi connectivity index (χ1n) is 7.77. The summed E-state index contributed by atoms with van der Waals surface area (Å²) in [6.07, 6.45) is 3.91. The third-order valence-corrected chi connectivity index (χ3v) is 6.08. The summed E-state index contributed by atoms with van der Waals surface area (Å²) in [7, 11) is 2.11. The molecule has 5 nitrogen and oxygen atoms in total. The molecule has 2 heterocycles. The molecule has 116 valence electrons. The minimum atomic E-state index is -0.732. The summed E-state index contributed by atoms with van der Waals surface area (Å²) in [6.45, 7) is 5.63. The zero-order valence-corrected chi connectivity index (χ0v) is 13.5. The van der Waals surface area contributed by atoms with Gasteiger partial charge in [-0.15, -0.1) is 11.3 Å². The van der Waals surface area contributed by atoms with Crippen LogP contribution in [0.4, 0.5) is 5.13 Å². The summed E-state index contributed by atoms with van der Waals surface area (Å²) in [6, 6.07) is 0.530. The number of carboxylic acids is 1. The lowest BCUT2D eigenvalue weighted by Gasteiger charge is -2.36. The highest BCUT2D eigenvalue weighted by atomic mass is 32.1. The lowest BCUT2D eigenvalue weighted by molar-refractivity contribution is -0.138. The van der Waals surface area contributed by atoms with Crippen molar-refractivity contribution in [3.63, 3.8) is 0 Å². The number of piperidine rings is 1. The molecular weight excluding hydrogens is 286 g/mol. The van der Waals surface area contributed by atoms with E-state index in [1.54, 1.807) is 11.3 Å². The monoisotopic (exact) mass is 309 g/mol. The molecule has 1 atom stereocenters. The van der Waals surface area contributed by atoms with Crippen LogP contribution in [0, 0.1) is 0 Å². The summed E-state index contributed by atoms with van der Waals surface area (Å²) in [4.78, 5) is 21.8. The second-order valence-corrected chi connectivity index (χ2v) is 7.07. The first-order chi connectivity index (χ1) is 10.1. The standard InChI is InChI=1S/C15H23N3O2S/c1-3-18-8-6-10(7-9-18)17(2)15-16-13-11(14(19)20)4-5-12(13)21-15/h10-11H,3-9H2,1-2H3,(H,19,20). The SMILES string of the molecule is CCN1CCC(N(C)c2nc3c(s2)CCC3C(=O)O)CC1. The lowest BCUT2D eigenvalue weighted by Crippen LogP contribution is -2.43. The molecule has 3 rings (SSSR count). The minimum absolute atomic E-state index is 0.389. The van der Waals surface area contributed by atoms with Gasteiger partial charge in [0.1, 0.15) is 5.92 Å². The van der Waals surface area contributed by atoms with Gasteiger partial charge < -0.3 is 14.9 Å². The Morgan fingerprint density at radius 3 is 2.76 bits per heavy atom. The van der Waals surface area contributed by atoms with Gasteiger partial charge in [0.15, 0.2) is 5.13 Å². The van der Waals surface area contributed by atoms with Crippen LogP contribution in [0.3, 0.4) is 0 Å². The number of thiazole rings is 1. The highest BCUT2D eigenvalue weighted by molar-refractivity contribution is 7.15. The molecule has 1 saturated heterocycles. The Morgan fingerprint density at radius 2 is 2.14 bits per heavy atom. The van der Waals surface area contributed by atoms with E-state index in [1.165, 1.54) is 4.88 Å². The number of carboxylic acid groups (broad SMARTS) is 1. The fourth-order valence-electron chi connectivity index (χ4n) is 3.38. The van der Waals surface area contributed by atoms with Crippen LogP contribution in [0.25, 0.3) is 0 Å². The smallest absolute Gasteiger partial charge is 0.312 e. The van der Waals surface area contributed by atoms with Crippen LogP contribution < -0.4 is 4.90 Å². The van der Waals surface area contributed by atoms with Crippen molar-refractivity contribution in [1.29, 1.82) is 0 Å². The Kier molecular flexibility index (Phi) is 4.17. The first kappa shape index (κ1) is 14.8. The number of anilines is 1. The Balaban J connectivity index is 1.71. The first-order valence-corrected chi connectivity index (χ1v) is 8.59. The van der Waals surface area contributed by atoms with E-state index < -0.39 is 5.97 Å². The molecule has 1 aliphatic heterocycles. The maximum atomic E-state index is 11.3. The van der Waals surface area contributed by atoms with Crippen molar-refractivity contribution in [1.82, 2.24) is 9.88 Å². The van der Waals surface area contributed by atoms with Crippen molar-refractivity contribution in [3.8, 4) is 0 Å². The molecule has 1 unspecified atom stereocenters. The third-order valence-electron chi connectivity index (χ3n) is 4.86. The zero-order valence-electron chi connectivity index (χ0n) is 12.7. The Hall–Kier alpha value is -1.14. The molecule has 2 aliphatic rings. The molecule has 0 saturated carbocycles. The quantitative estimate of drug-likeness (QED) is 0.924. The number of likely N-dealkylation sites (tertiary alicyclic amines) is 1. The van der Waals surface area contributed by atoms with Gasteiger partial charge in [-0.25, -0.2) is 4.98 Å². The van der Waals surface area contributed by atoms with Crippen LogP contribution >= 0.6 is 11.3 Å². The van der Waals surface area contributed by atoms with Gasteiger partial charge in [-0.3, -0.25) is 4.79 Å². The zero-order chi connectivity index (χ0) is 15.0. The Bertz CT molecular complexity index is 523. The molecule has 6 heteroatoms. The van der Waals surface area contributed by atoms with Gasteiger partial charge in [-0.2, -0.15) is 0 Å². The normalized spacial score (nSPS) is 23.2. The van der Waals surface area contributed by atoms with E-state index in [0.29, 0.717) is 12.5 Å². The van der Waals surface area contributed by atoms with Crippen LogP contribution in [-0.4, -0.2) is 53.7 Å². The molecule has 1 N–H and O–H groups in total. The molecule has 0 amide bonds. The van der Waals surface area contributed by atoms with Gasteiger partial charge >= 0.3 is 5.97 Å². The van der Waals surface area contributed by atoms with Crippen molar-refractivity contribution in [2.75, 3.05) is 31.6 Å². The number of aromatic nitrogens is 1. The Labute approximate surface area is 129 Å². The maximum absolute atomic E-state index is 11.3. The van der Waals surface area contributed by atoms with Gasteiger partial charge in [0, 0.05) is 31.1 Å². The predicted molar refractivity (Wildman–Crippen MR) is 84.4 cm³/mol. The van der Waals surface area contributed by atoms with Crippen LogP contribution in [0.1, 0.15) is 42.7 Å². The molecule has 1 aromatic rings. The van der Waals surface area contributed by atoms with E-state index in [1.807, 2.05) is 0 Å². The number of hydrogen-bond acceptors (Lipinski definition) is 5. The number of nitrogens with zero attached hydrogens (tertiary/aromatic N) is 3. The number of fused-ring (bicyclic) bond motifs is 1. The van der Waals surface area contributed by atoms with Gasteiger partial charge in [-0.05, 0) is 32.2 Å². The van der Waals surface area contributed by atoms with Crippen LogP contribution in [0.15, 0.2) is 0 Å². The van der Waals surface area contributed by atoms with Crippen molar-refractivity contribution in [3.05, 3.63) is 10.6 Å². The summed E-state index contributed by atoms with van der Waals surface area (Å²) < 4.78 is 0. The van der Waals surface area contributed by atoms with E-state index in [0.717, 1.165) is 49.7 Å². The van der Waals surface area contributed by atoms with Crippen molar-refractivity contribution in [2.45, 2.75) is 44.6 Å². The topological polar surface area (TPSA) is 56.7 Å². The van der Waals surface area contributed by atoms with Crippen LogP contribution in [0.2, 0.25) is 0 Å². The van der Waals surface area contributed by atoms with Gasteiger partial charge in [0.25, 0.3) is 0 Å². The number of aryl methyl sites for hydroxylation is 1. The molecule has 0 radical (unpaired) electrons. The van der Waals surface area contributed by atoms with Crippen molar-refractivity contribution >= 4 is 22.4 Å². The van der Waals surface area contributed by atoms with E-state index in [-0.39, 0.29) is 5.92 Å². The minimum Gasteiger partial charge on any atom is -0.481 e. The number of carbonyl (C=O) groups is 1. The summed E-state index contributed by atoms with van der Waals surface area (Å²) in [5.74, 6) is -1.12. The molecule has 0 bridgehead atoms. The van der Waals surface area contributed by atoms with Crippen molar-refractivity contribution in [2.24, 2.45) is 0 Å². The van der Waals surface area contributed by atoms with Crippen LogP contribution in [0.5, 0.6) is 0 Å². The maximum Gasteiger partial charge on any atom is 0.312 e. The summed E-state index contributed by atoms with van der Waals surface area (Å²) >= 11 is 1.69. The lowest BCUT2D eigenvalue weighted by atomic mass is 10.0. The van der Waals surface area contributed by atoms with Gasteiger partial charge in [0.05, 0.1) is 5.69 Å². The third kappa shape index (κ3) is 2.79. The van der Waals surface area contributed by atoms with E-state index >= 15 is 0 Å². The number of rotatable bonds is 4. The highest BCUT2D eigenvalue weighted by Gasteiger charge is 2.34. The van der Waals surface area contributed by atoms with Crippen molar-refractivity contribution < 1.29 is 9.90 Å². The highest BCUT2D eigenvalue weighted by Crippen LogP contribution is 2.40. The van der Waals surface area contributed by atoms with E-state index in [9.17, 15) is 9.90 Å². The average molecular weight is 309 g/mol. The molecule has 0 aromatic carbocycles. The predicted octanol–water partition coefficient (Wildman–Crippen LogP) is 2.18. The second-order valence-electron chi connectivity index (χ2n) is 6.01. The Morgan fingerprint density at radius 1 is 1.43 bits per heavy atom. The second kappa shape index (κ2) is 5.93. The number of hydrogen-bond donors (Lipinski definition) is 1. The average Bonchev–Trinajstić information content (AvgIpc) is 3.06. The van der Waals surface area contributed by atoms with Crippen LogP contribution in [-0.2, 0) is 11.2 Å². The molecule has 1 fully saturated rings. The molecular formula is C15H23N3O2S. The fraction of sp³-hybridized carbons (Fsp3) is 0.733. The number of aliphatic carboxylic acids is 1. The largest absolute Gasteiger partial charge is 0.481 e. The summed E-state index contributed by atoms with van der Waals surface area (Å²) in [5, 5.41) is 10.3. The molecule has 1 aromatic heterocycles. The fourth-order valence-corrected chi connectivity index (χ4v) is 4.55. The molecule has 21 heavy (non-hydrogen) atoms.